The molecule has 0 aliphatic heterocycles. The van der Waals surface area contributed by atoms with Crippen molar-refractivity contribution in [3.8, 4) is 0 Å². The van der Waals surface area contributed by atoms with Gasteiger partial charge in [-0.3, -0.25) is 9.32 Å². The van der Waals surface area contributed by atoms with Crippen molar-refractivity contribution in [2.75, 3.05) is 13.2 Å². The average Bonchev–Trinajstić information content (AvgIpc) is 2.54. The molecule has 0 aliphatic rings. The maximum absolute atomic E-state index is 13.1. The molecule has 0 N–H and O–H groups in total. The molecule has 1 atom stereocenters. The Kier molecular flexibility index (Phi) is 6.80. The van der Waals surface area contributed by atoms with Crippen LogP contribution in [0, 0.1) is 20.8 Å². The van der Waals surface area contributed by atoms with E-state index in [9.17, 15) is 9.36 Å². The molecule has 4 nitrogen and oxygen atoms in total. The summed E-state index contributed by atoms with van der Waals surface area (Å²) in [5.41, 5.74) is 4.49. The molecule has 0 heterocycles. The lowest BCUT2D eigenvalue weighted by Crippen LogP contribution is -2.20. The van der Waals surface area contributed by atoms with E-state index in [1.807, 2.05) is 63.2 Å². The third-order valence-corrected chi connectivity index (χ3v) is 4.06. The smallest absolute Gasteiger partial charge is 0.327 e. The van der Waals surface area contributed by atoms with E-state index in [2.05, 4.69) is 0 Å². The fraction of sp³-hybridized carbons (Fsp3) is 0.316. The fourth-order valence-corrected chi connectivity index (χ4v) is 3.04. The summed E-state index contributed by atoms with van der Waals surface area (Å²) in [5, 5.41) is 0. The monoisotopic (exact) mass is 344 g/mol. The number of ether oxygens (including phenoxy) is 1. The second kappa shape index (κ2) is 8.84. The average molecular weight is 344 g/mol. The van der Waals surface area contributed by atoms with Gasteiger partial charge in [-0.1, -0.05) is 48.0 Å². The normalized spacial score (nSPS) is 12.3. The number of aryl methyl sites for hydroxylation is 3. The lowest BCUT2D eigenvalue weighted by atomic mass is 9.92. The number of carbonyl (C=O) groups is 1. The lowest BCUT2D eigenvalue weighted by molar-refractivity contribution is 0.0309. The number of benzene rings is 2. The molecular weight excluding hydrogens is 323 g/mol. The summed E-state index contributed by atoms with van der Waals surface area (Å²) < 4.78 is 20.9. The van der Waals surface area contributed by atoms with Gasteiger partial charge in [0.15, 0.2) is 5.78 Å². The number of rotatable bonds is 8. The highest BCUT2D eigenvalue weighted by molar-refractivity contribution is 7.17. The number of hydrogen-bond donors (Lipinski definition) is 0. The van der Waals surface area contributed by atoms with Crippen molar-refractivity contribution < 1.29 is 18.6 Å². The van der Waals surface area contributed by atoms with Gasteiger partial charge in [0.2, 0.25) is 0 Å². The number of carbonyl (C=O) groups excluding carboxylic acids is 1. The minimum absolute atomic E-state index is 0.0733. The third kappa shape index (κ3) is 4.57. The second-order valence-corrected chi connectivity index (χ2v) is 6.11. The molecule has 0 aromatic heterocycles. The Hall–Kier alpha value is -1.87. The molecule has 126 valence electrons. The first-order valence-electron chi connectivity index (χ1n) is 7.78. The number of hydrogen-bond acceptors (Lipinski definition) is 4. The molecule has 0 radical (unpaired) electrons. The van der Waals surface area contributed by atoms with Crippen LogP contribution in [0.4, 0.5) is 0 Å². The van der Waals surface area contributed by atoms with Crippen LogP contribution in [0.3, 0.4) is 0 Å². The zero-order valence-corrected chi connectivity index (χ0v) is 15.0. The Bertz CT molecular complexity index is 690. The summed E-state index contributed by atoms with van der Waals surface area (Å²) in [6.07, 6.45) is -0.710. The highest BCUT2D eigenvalue weighted by atomic mass is 31.1. The zero-order chi connectivity index (χ0) is 17.5. The lowest BCUT2D eigenvalue weighted by Gasteiger charge is -2.20. The first-order chi connectivity index (χ1) is 11.5. The van der Waals surface area contributed by atoms with Gasteiger partial charge in [-0.15, -0.1) is 0 Å². The van der Waals surface area contributed by atoms with Crippen molar-refractivity contribution in [3.05, 3.63) is 70.3 Å². The minimum Gasteiger partial charge on any atom is -0.363 e. The molecule has 0 amide bonds. The Morgan fingerprint density at radius 1 is 1.04 bits per heavy atom. The molecule has 24 heavy (non-hydrogen) atoms. The second-order valence-electron chi connectivity index (χ2n) is 5.71. The summed E-state index contributed by atoms with van der Waals surface area (Å²) in [7, 11) is -0.390. The van der Waals surface area contributed by atoms with Crippen molar-refractivity contribution in [1.82, 2.24) is 0 Å². The van der Waals surface area contributed by atoms with Gasteiger partial charge in [0.1, 0.15) is 6.10 Å². The van der Waals surface area contributed by atoms with E-state index in [0.717, 1.165) is 22.3 Å². The molecule has 0 fully saturated rings. The third-order valence-electron chi connectivity index (χ3n) is 3.78. The standard InChI is InChI=1S/C19H21O4P/c1-13-11-14(2)17(15(3)12-13)18(20)19(22-9-10-23-24-21)16-7-5-4-6-8-16/h4-8,11-12,19H,9-10H2,1-3H3. The molecule has 0 bridgehead atoms. The van der Waals surface area contributed by atoms with Crippen LogP contribution in [0.15, 0.2) is 42.5 Å². The van der Waals surface area contributed by atoms with E-state index in [4.69, 9.17) is 9.26 Å². The van der Waals surface area contributed by atoms with Gasteiger partial charge in [0.05, 0.1) is 13.2 Å². The highest BCUT2D eigenvalue weighted by Gasteiger charge is 2.25. The van der Waals surface area contributed by atoms with E-state index in [-0.39, 0.29) is 27.7 Å². The van der Waals surface area contributed by atoms with E-state index in [1.54, 1.807) is 0 Å². The van der Waals surface area contributed by atoms with Gasteiger partial charge in [0.25, 0.3) is 0 Å². The van der Waals surface area contributed by atoms with Gasteiger partial charge in [-0.25, -0.2) is 4.57 Å². The van der Waals surface area contributed by atoms with Crippen LogP contribution in [0.1, 0.15) is 38.7 Å². The molecule has 0 saturated heterocycles. The molecule has 5 heteroatoms. The van der Waals surface area contributed by atoms with E-state index in [0.29, 0.717) is 5.56 Å². The summed E-state index contributed by atoms with van der Waals surface area (Å²) in [6, 6.07) is 13.4. The van der Waals surface area contributed by atoms with Crippen LogP contribution in [-0.4, -0.2) is 19.0 Å². The molecule has 2 rings (SSSR count). The first kappa shape index (κ1) is 18.5. The predicted molar refractivity (Wildman–Crippen MR) is 93.7 cm³/mol. The highest BCUT2D eigenvalue weighted by Crippen LogP contribution is 2.27. The Morgan fingerprint density at radius 3 is 2.25 bits per heavy atom. The van der Waals surface area contributed by atoms with E-state index < -0.39 is 6.10 Å². The predicted octanol–water partition coefficient (Wildman–Crippen LogP) is 4.78. The van der Waals surface area contributed by atoms with Gasteiger partial charge in [0, 0.05) is 5.56 Å². The van der Waals surface area contributed by atoms with Gasteiger partial charge >= 0.3 is 8.69 Å². The van der Waals surface area contributed by atoms with Crippen molar-refractivity contribution in [1.29, 1.82) is 0 Å². The SMILES string of the molecule is Cc1cc(C)c(C(=O)C(OCCOP=O)c2ccccc2)c(C)c1. The van der Waals surface area contributed by atoms with Crippen LogP contribution in [-0.2, 0) is 13.8 Å². The summed E-state index contributed by atoms with van der Waals surface area (Å²) in [5.74, 6) is -0.0733. The van der Waals surface area contributed by atoms with Crippen LogP contribution >= 0.6 is 8.69 Å². The minimum atomic E-state index is -0.710. The fourth-order valence-electron chi connectivity index (χ4n) is 2.89. The Morgan fingerprint density at radius 2 is 1.67 bits per heavy atom. The first-order valence-corrected chi connectivity index (χ1v) is 8.51. The van der Waals surface area contributed by atoms with Crippen molar-refractivity contribution >= 4 is 14.5 Å². The number of Topliss-reactive ketones (excluding diaryl/α,β-unsaturated/α-hetero) is 1. The maximum Gasteiger partial charge on any atom is 0.327 e. The van der Waals surface area contributed by atoms with Gasteiger partial charge in [-0.05, 0) is 37.5 Å². The van der Waals surface area contributed by atoms with Crippen molar-refractivity contribution in [2.24, 2.45) is 0 Å². The van der Waals surface area contributed by atoms with Crippen LogP contribution in [0.2, 0.25) is 0 Å². The molecule has 0 aliphatic carbocycles. The maximum atomic E-state index is 13.1. The largest absolute Gasteiger partial charge is 0.363 e. The summed E-state index contributed by atoms with van der Waals surface area (Å²) >= 11 is 0. The molecule has 2 aromatic carbocycles. The Labute approximate surface area is 144 Å². The quantitative estimate of drug-likeness (QED) is 0.393. The van der Waals surface area contributed by atoms with E-state index >= 15 is 0 Å². The number of ketones is 1. The summed E-state index contributed by atoms with van der Waals surface area (Å²) in [4.78, 5) is 13.1. The topological polar surface area (TPSA) is 52.6 Å². The van der Waals surface area contributed by atoms with Crippen LogP contribution < -0.4 is 0 Å². The molecule has 0 spiro atoms. The van der Waals surface area contributed by atoms with Gasteiger partial charge < -0.3 is 4.74 Å². The van der Waals surface area contributed by atoms with Crippen LogP contribution in [0.25, 0.3) is 0 Å². The zero-order valence-electron chi connectivity index (χ0n) is 14.1. The Balaban J connectivity index is 2.32. The van der Waals surface area contributed by atoms with Gasteiger partial charge in [-0.2, -0.15) is 0 Å². The molecular formula is C19H21O4P. The van der Waals surface area contributed by atoms with Crippen molar-refractivity contribution in [3.63, 3.8) is 0 Å². The van der Waals surface area contributed by atoms with E-state index in [1.165, 1.54) is 0 Å². The molecule has 1 unspecified atom stereocenters. The van der Waals surface area contributed by atoms with Crippen molar-refractivity contribution in [2.45, 2.75) is 26.9 Å². The summed E-state index contributed by atoms with van der Waals surface area (Å²) in [6.45, 7) is 6.24. The molecule has 0 saturated carbocycles. The molecule has 2 aromatic rings. The van der Waals surface area contributed by atoms with Crippen LogP contribution in [0.5, 0.6) is 0 Å².